The third-order valence-electron chi connectivity index (χ3n) is 6.00. The number of anilines is 4. The summed E-state index contributed by atoms with van der Waals surface area (Å²) in [5, 5.41) is 7.02. The quantitative estimate of drug-likeness (QED) is 0.586. The molecular weight excluding hydrogens is 386 g/mol. The minimum absolute atomic E-state index is 0.465. The van der Waals surface area contributed by atoms with E-state index in [1.165, 1.54) is 31.4 Å². The highest BCUT2D eigenvalue weighted by atomic mass is 16.5. The van der Waals surface area contributed by atoms with Crippen LogP contribution in [0.15, 0.2) is 60.7 Å². The molecule has 1 saturated heterocycles. The van der Waals surface area contributed by atoms with Crippen LogP contribution in [0.1, 0.15) is 25.7 Å². The third-order valence-corrected chi connectivity index (χ3v) is 6.00. The van der Waals surface area contributed by atoms with Gasteiger partial charge in [-0.3, -0.25) is 0 Å². The molecule has 31 heavy (non-hydrogen) atoms. The van der Waals surface area contributed by atoms with E-state index in [2.05, 4.69) is 51.9 Å². The molecule has 6 nitrogen and oxygen atoms in total. The number of morpholine rings is 1. The van der Waals surface area contributed by atoms with Crippen molar-refractivity contribution in [2.24, 2.45) is 0 Å². The van der Waals surface area contributed by atoms with Gasteiger partial charge in [0.15, 0.2) is 0 Å². The first-order valence-corrected chi connectivity index (χ1v) is 11.2. The number of hydrogen-bond acceptors (Lipinski definition) is 6. The molecule has 2 N–H and O–H groups in total. The SMILES string of the molecule is c1ccc(-c2cc(Nc3ccc(N4CCOCC4)cc3)nc(NC3CCCC3)n2)cc1. The molecule has 1 saturated carbocycles. The summed E-state index contributed by atoms with van der Waals surface area (Å²) in [6.45, 7) is 3.46. The first-order chi connectivity index (χ1) is 15.3. The van der Waals surface area contributed by atoms with Crippen molar-refractivity contribution in [3.63, 3.8) is 0 Å². The predicted octanol–water partition coefficient (Wildman–Crippen LogP) is 5.08. The van der Waals surface area contributed by atoms with Crippen LogP contribution >= 0.6 is 0 Å². The Morgan fingerprint density at radius 3 is 2.35 bits per heavy atom. The van der Waals surface area contributed by atoms with E-state index in [-0.39, 0.29) is 0 Å². The third kappa shape index (κ3) is 4.97. The molecule has 0 atom stereocenters. The monoisotopic (exact) mass is 415 g/mol. The fourth-order valence-electron chi connectivity index (χ4n) is 4.31. The van der Waals surface area contributed by atoms with E-state index >= 15 is 0 Å². The van der Waals surface area contributed by atoms with Crippen LogP contribution in [0, 0.1) is 0 Å². The Kier molecular flexibility index (Phi) is 5.98. The van der Waals surface area contributed by atoms with E-state index in [0.29, 0.717) is 12.0 Å². The fraction of sp³-hybridized carbons (Fsp3) is 0.360. The normalized spacial score (nSPS) is 17.0. The van der Waals surface area contributed by atoms with Crippen LogP contribution in [-0.2, 0) is 4.74 Å². The summed E-state index contributed by atoms with van der Waals surface area (Å²) in [6, 6.07) is 21.3. The molecule has 160 valence electrons. The zero-order valence-electron chi connectivity index (χ0n) is 17.8. The van der Waals surface area contributed by atoms with Gasteiger partial charge in [0.05, 0.1) is 18.9 Å². The van der Waals surface area contributed by atoms with Crippen molar-refractivity contribution in [1.29, 1.82) is 0 Å². The summed E-state index contributed by atoms with van der Waals surface area (Å²) in [4.78, 5) is 11.9. The summed E-state index contributed by atoms with van der Waals surface area (Å²) >= 11 is 0. The second-order valence-corrected chi connectivity index (χ2v) is 8.23. The van der Waals surface area contributed by atoms with Gasteiger partial charge < -0.3 is 20.3 Å². The molecule has 1 aliphatic heterocycles. The number of aromatic nitrogens is 2. The molecule has 2 heterocycles. The van der Waals surface area contributed by atoms with E-state index < -0.39 is 0 Å². The molecule has 1 aromatic heterocycles. The number of nitrogens with one attached hydrogen (secondary N) is 2. The van der Waals surface area contributed by atoms with E-state index in [9.17, 15) is 0 Å². The number of ether oxygens (including phenoxy) is 1. The van der Waals surface area contributed by atoms with Gasteiger partial charge in [0, 0.05) is 42.1 Å². The van der Waals surface area contributed by atoms with Crippen LogP contribution in [0.25, 0.3) is 11.3 Å². The first-order valence-electron chi connectivity index (χ1n) is 11.2. The van der Waals surface area contributed by atoms with Crippen LogP contribution in [0.3, 0.4) is 0 Å². The Hall–Kier alpha value is -3.12. The lowest BCUT2D eigenvalue weighted by Gasteiger charge is -2.28. The Labute approximate surface area is 183 Å². The molecule has 6 heteroatoms. The topological polar surface area (TPSA) is 62.3 Å². The second kappa shape index (κ2) is 9.35. The van der Waals surface area contributed by atoms with E-state index in [1.807, 2.05) is 24.3 Å². The van der Waals surface area contributed by atoms with E-state index in [1.54, 1.807) is 0 Å². The highest BCUT2D eigenvalue weighted by molar-refractivity contribution is 5.68. The van der Waals surface area contributed by atoms with E-state index in [0.717, 1.165) is 49.1 Å². The lowest BCUT2D eigenvalue weighted by Crippen LogP contribution is -2.36. The Morgan fingerprint density at radius 1 is 0.871 bits per heavy atom. The Bertz CT molecular complexity index is 981. The average Bonchev–Trinajstić information content (AvgIpc) is 3.34. The molecule has 0 unspecified atom stereocenters. The van der Waals surface area contributed by atoms with Gasteiger partial charge in [0.25, 0.3) is 0 Å². The van der Waals surface area contributed by atoms with Crippen molar-refractivity contribution in [2.75, 3.05) is 41.8 Å². The largest absolute Gasteiger partial charge is 0.378 e. The first kappa shape index (κ1) is 19.8. The maximum Gasteiger partial charge on any atom is 0.225 e. The molecule has 0 radical (unpaired) electrons. The molecule has 3 aromatic rings. The lowest BCUT2D eigenvalue weighted by molar-refractivity contribution is 0.122. The van der Waals surface area contributed by atoms with Crippen molar-refractivity contribution < 1.29 is 4.74 Å². The maximum absolute atomic E-state index is 5.46. The highest BCUT2D eigenvalue weighted by Crippen LogP contribution is 2.27. The molecule has 0 bridgehead atoms. The summed E-state index contributed by atoms with van der Waals surface area (Å²) in [5.74, 6) is 1.49. The number of nitrogens with zero attached hydrogens (tertiary/aromatic N) is 3. The standard InChI is InChI=1S/C25H29N5O/c1-2-6-19(7-3-1)23-18-24(29-25(28-23)27-20-8-4-5-9-20)26-21-10-12-22(13-11-21)30-14-16-31-17-15-30/h1-3,6-7,10-13,18,20H,4-5,8-9,14-17H2,(H2,26,27,28,29). The van der Waals surface area contributed by atoms with Crippen molar-refractivity contribution in [2.45, 2.75) is 31.7 Å². The number of hydrogen-bond donors (Lipinski definition) is 2. The second-order valence-electron chi connectivity index (χ2n) is 8.23. The van der Waals surface area contributed by atoms with Gasteiger partial charge in [-0.2, -0.15) is 4.98 Å². The molecule has 2 aromatic carbocycles. The van der Waals surface area contributed by atoms with Crippen LogP contribution in [0.5, 0.6) is 0 Å². The van der Waals surface area contributed by atoms with Crippen molar-refractivity contribution in [1.82, 2.24) is 9.97 Å². The van der Waals surface area contributed by atoms with Gasteiger partial charge in [0.2, 0.25) is 5.95 Å². The highest BCUT2D eigenvalue weighted by Gasteiger charge is 2.17. The number of benzene rings is 2. The Morgan fingerprint density at radius 2 is 1.61 bits per heavy atom. The van der Waals surface area contributed by atoms with Crippen molar-refractivity contribution in [3.8, 4) is 11.3 Å². The van der Waals surface area contributed by atoms with Crippen molar-refractivity contribution in [3.05, 3.63) is 60.7 Å². The summed E-state index contributed by atoms with van der Waals surface area (Å²) in [6.07, 6.45) is 4.92. The molecule has 0 spiro atoms. The van der Waals surface area contributed by atoms with E-state index in [4.69, 9.17) is 14.7 Å². The van der Waals surface area contributed by atoms with Gasteiger partial charge in [-0.05, 0) is 37.1 Å². The average molecular weight is 416 g/mol. The van der Waals surface area contributed by atoms with Crippen LogP contribution in [0.2, 0.25) is 0 Å². The van der Waals surface area contributed by atoms with Gasteiger partial charge in [0.1, 0.15) is 5.82 Å². The molecule has 1 aliphatic carbocycles. The lowest BCUT2D eigenvalue weighted by atomic mass is 10.1. The zero-order chi connectivity index (χ0) is 20.9. The summed E-state index contributed by atoms with van der Waals surface area (Å²) in [5.41, 5.74) is 4.25. The molecule has 2 aliphatic rings. The maximum atomic E-state index is 5.46. The molecule has 5 rings (SSSR count). The van der Waals surface area contributed by atoms with Crippen LogP contribution in [0.4, 0.5) is 23.1 Å². The van der Waals surface area contributed by atoms with Gasteiger partial charge in [-0.25, -0.2) is 4.98 Å². The predicted molar refractivity (Wildman–Crippen MR) is 126 cm³/mol. The summed E-state index contributed by atoms with van der Waals surface area (Å²) < 4.78 is 5.46. The fourth-order valence-corrected chi connectivity index (χ4v) is 4.31. The molecular formula is C25H29N5O. The molecule has 0 amide bonds. The van der Waals surface area contributed by atoms with Gasteiger partial charge in [-0.1, -0.05) is 43.2 Å². The molecule has 2 fully saturated rings. The van der Waals surface area contributed by atoms with Gasteiger partial charge in [-0.15, -0.1) is 0 Å². The minimum atomic E-state index is 0.465. The van der Waals surface area contributed by atoms with Crippen LogP contribution < -0.4 is 15.5 Å². The van der Waals surface area contributed by atoms with Crippen LogP contribution in [-0.4, -0.2) is 42.3 Å². The minimum Gasteiger partial charge on any atom is -0.378 e. The Balaban J connectivity index is 1.38. The number of rotatable bonds is 6. The van der Waals surface area contributed by atoms with Gasteiger partial charge >= 0.3 is 0 Å². The zero-order valence-corrected chi connectivity index (χ0v) is 17.8. The van der Waals surface area contributed by atoms with Crippen molar-refractivity contribution >= 4 is 23.1 Å². The summed E-state index contributed by atoms with van der Waals surface area (Å²) in [7, 11) is 0. The smallest absolute Gasteiger partial charge is 0.225 e.